The topological polar surface area (TPSA) is 122 Å². The number of fused-ring (bicyclic) bond motifs is 3. The number of hydrogen-bond acceptors (Lipinski definition) is 8. The predicted molar refractivity (Wildman–Crippen MR) is 159 cm³/mol. The van der Waals surface area contributed by atoms with Gasteiger partial charge in [-0.1, -0.05) is 42.1 Å². The van der Waals surface area contributed by atoms with Crippen molar-refractivity contribution in [3.63, 3.8) is 0 Å². The third-order valence-electron chi connectivity index (χ3n) is 6.53. The highest BCUT2D eigenvalue weighted by molar-refractivity contribution is 8.14. The lowest BCUT2D eigenvalue weighted by Crippen LogP contribution is -2.41. The summed E-state index contributed by atoms with van der Waals surface area (Å²) < 4.78 is 10.4. The van der Waals surface area contributed by atoms with Crippen LogP contribution in [0, 0.1) is 0 Å². The lowest BCUT2D eigenvalue weighted by Gasteiger charge is -2.25. The summed E-state index contributed by atoms with van der Waals surface area (Å²) in [5.74, 6) is 1.21. The van der Waals surface area contributed by atoms with E-state index in [1.54, 1.807) is 38.5 Å². The van der Waals surface area contributed by atoms with E-state index in [1.807, 2.05) is 48.5 Å². The molecule has 0 aliphatic carbocycles. The third-order valence-corrected chi connectivity index (χ3v) is 7.47. The zero-order chi connectivity index (χ0) is 28.8. The Kier molecular flexibility index (Phi) is 8.64. The fourth-order valence-corrected chi connectivity index (χ4v) is 5.22. The molecule has 11 heteroatoms. The molecule has 3 amide bonds. The highest BCUT2D eigenvalue weighted by atomic mass is 32.2. The standard InChI is InChI=1S/C30H29N5O5S/c1-39-21-12-10-19(11-13-21)17-31-26(36)15-14-25-29(38)35-28(33-25)23-8-3-4-9-24(23)34-30(35)41-18-27(37)32-20-6-5-7-22(16-20)40-2/h3-13,16,25H,14-15,17-18H2,1-2H3,(H,31,36)(H,32,37). The normalized spacial score (nSPS) is 15.3. The summed E-state index contributed by atoms with van der Waals surface area (Å²) >= 11 is 1.16. The van der Waals surface area contributed by atoms with E-state index in [4.69, 9.17) is 14.5 Å². The Morgan fingerprint density at radius 3 is 2.51 bits per heavy atom. The maximum absolute atomic E-state index is 13.5. The number of thioether (sulfide) groups is 1. The minimum Gasteiger partial charge on any atom is -0.497 e. The van der Waals surface area contributed by atoms with Gasteiger partial charge in [0.05, 0.1) is 25.7 Å². The number of hydrogen-bond donors (Lipinski definition) is 2. The van der Waals surface area contributed by atoms with E-state index < -0.39 is 6.04 Å². The van der Waals surface area contributed by atoms with Crippen LogP contribution in [0.3, 0.4) is 0 Å². The highest BCUT2D eigenvalue weighted by Gasteiger charge is 2.41. The number of benzene rings is 3. The predicted octanol–water partition coefficient (Wildman–Crippen LogP) is 4.13. The van der Waals surface area contributed by atoms with E-state index in [0.717, 1.165) is 28.6 Å². The van der Waals surface area contributed by atoms with E-state index in [9.17, 15) is 14.4 Å². The van der Waals surface area contributed by atoms with Crippen LogP contribution in [-0.4, -0.2) is 59.6 Å². The van der Waals surface area contributed by atoms with E-state index >= 15 is 0 Å². The van der Waals surface area contributed by atoms with Gasteiger partial charge in [0.1, 0.15) is 23.4 Å². The van der Waals surface area contributed by atoms with Crippen LogP contribution >= 0.6 is 11.8 Å². The van der Waals surface area contributed by atoms with Gasteiger partial charge in [0, 0.05) is 30.3 Å². The Balaban J connectivity index is 1.22. The van der Waals surface area contributed by atoms with Gasteiger partial charge in [-0.2, -0.15) is 0 Å². The smallest absolute Gasteiger partial charge is 0.259 e. The molecule has 0 bridgehead atoms. The van der Waals surface area contributed by atoms with Crippen molar-refractivity contribution in [1.29, 1.82) is 0 Å². The molecule has 0 radical (unpaired) electrons. The van der Waals surface area contributed by atoms with Gasteiger partial charge < -0.3 is 20.1 Å². The first-order valence-electron chi connectivity index (χ1n) is 13.0. The highest BCUT2D eigenvalue weighted by Crippen LogP contribution is 2.34. The molecule has 0 spiro atoms. The second-order valence-electron chi connectivity index (χ2n) is 9.29. The van der Waals surface area contributed by atoms with Crippen LogP contribution in [0.4, 0.5) is 11.4 Å². The number of amidine groups is 2. The Morgan fingerprint density at radius 1 is 0.951 bits per heavy atom. The summed E-state index contributed by atoms with van der Waals surface area (Å²) in [6.07, 6.45) is 0.394. The summed E-state index contributed by atoms with van der Waals surface area (Å²) in [4.78, 5) is 49.6. The van der Waals surface area contributed by atoms with Crippen LogP contribution in [0.5, 0.6) is 11.5 Å². The zero-order valence-electron chi connectivity index (χ0n) is 22.6. The second-order valence-corrected chi connectivity index (χ2v) is 10.2. The fourth-order valence-electron chi connectivity index (χ4n) is 4.42. The SMILES string of the molecule is COc1ccc(CNC(=O)CCC2N=C3c4ccccc4N=C(SCC(=O)Nc4cccc(OC)c4)N3C2=O)cc1. The number of ether oxygens (including phenoxy) is 2. The minimum atomic E-state index is -0.723. The Morgan fingerprint density at radius 2 is 1.73 bits per heavy atom. The van der Waals surface area contributed by atoms with Crippen molar-refractivity contribution in [2.45, 2.75) is 25.4 Å². The quantitative estimate of drug-likeness (QED) is 0.378. The van der Waals surface area contributed by atoms with Crippen LogP contribution in [0.1, 0.15) is 24.0 Å². The van der Waals surface area contributed by atoms with Crippen molar-refractivity contribution in [3.05, 3.63) is 83.9 Å². The van der Waals surface area contributed by atoms with E-state index in [1.165, 1.54) is 4.90 Å². The van der Waals surface area contributed by atoms with Crippen molar-refractivity contribution >= 4 is 51.9 Å². The van der Waals surface area contributed by atoms with Crippen molar-refractivity contribution in [3.8, 4) is 11.5 Å². The molecule has 0 aromatic heterocycles. The first kappa shape index (κ1) is 27.9. The minimum absolute atomic E-state index is 0.0354. The van der Waals surface area contributed by atoms with Crippen LogP contribution in [0.15, 0.2) is 82.8 Å². The molecule has 2 heterocycles. The molecular weight excluding hydrogens is 542 g/mol. The lowest BCUT2D eigenvalue weighted by molar-refractivity contribution is -0.125. The molecule has 1 unspecified atom stereocenters. The molecule has 2 aliphatic heterocycles. The summed E-state index contributed by atoms with van der Waals surface area (Å²) in [7, 11) is 3.16. The molecule has 2 aliphatic rings. The first-order valence-corrected chi connectivity index (χ1v) is 14.0. The number of aliphatic imine (C=N–C) groups is 2. The lowest BCUT2D eigenvalue weighted by atomic mass is 10.1. The first-order chi connectivity index (χ1) is 19.9. The molecule has 210 valence electrons. The second kappa shape index (κ2) is 12.7. The van der Waals surface area contributed by atoms with Gasteiger partial charge in [0.25, 0.3) is 5.91 Å². The molecule has 5 rings (SSSR count). The van der Waals surface area contributed by atoms with Crippen LogP contribution < -0.4 is 20.1 Å². The summed E-state index contributed by atoms with van der Waals surface area (Å²) in [5, 5.41) is 6.10. The monoisotopic (exact) mass is 571 g/mol. The number of para-hydroxylation sites is 1. The zero-order valence-corrected chi connectivity index (χ0v) is 23.4. The molecular formula is C30H29N5O5S. The average molecular weight is 572 g/mol. The van der Waals surface area contributed by atoms with Gasteiger partial charge in [-0.3, -0.25) is 19.4 Å². The van der Waals surface area contributed by atoms with Gasteiger partial charge in [-0.15, -0.1) is 0 Å². The third kappa shape index (κ3) is 6.58. The molecule has 0 fully saturated rings. The number of nitrogens with zero attached hydrogens (tertiary/aromatic N) is 3. The molecule has 1 atom stereocenters. The molecule has 2 N–H and O–H groups in total. The van der Waals surface area contributed by atoms with Crippen LogP contribution in [0.2, 0.25) is 0 Å². The Labute approximate surface area is 241 Å². The number of methoxy groups -OCH3 is 2. The van der Waals surface area contributed by atoms with Crippen LogP contribution in [-0.2, 0) is 20.9 Å². The Bertz CT molecular complexity index is 1520. The summed E-state index contributed by atoms with van der Waals surface area (Å²) in [6, 6.07) is 21.2. The summed E-state index contributed by atoms with van der Waals surface area (Å²) in [5.41, 5.74) is 2.95. The average Bonchev–Trinajstić information content (AvgIpc) is 3.34. The van der Waals surface area contributed by atoms with Crippen molar-refractivity contribution < 1.29 is 23.9 Å². The van der Waals surface area contributed by atoms with E-state index in [-0.39, 0.29) is 36.3 Å². The molecule has 41 heavy (non-hydrogen) atoms. The van der Waals surface area contributed by atoms with Gasteiger partial charge >= 0.3 is 0 Å². The van der Waals surface area contributed by atoms with Crippen molar-refractivity contribution in [2.24, 2.45) is 9.98 Å². The fraction of sp³-hybridized carbons (Fsp3) is 0.233. The molecule has 3 aromatic carbocycles. The largest absolute Gasteiger partial charge is 0.497 e. The van der Waals surface area contributed by atoms with E-state index in [0.29, 0.717) is 34.7 Å². The number of nitrogens with one attached hydrogen (secondary N) is 2. The number of amides is 3. The molecule has 10 nitrogen and oxygen atoms in total. The van der Waals surface area contributed by atoms with Gasteiger partial charge in [0.15, 0.2) is 5.17 Å². The maximum atomic E-state index is 13.5. The Hall–Kier alpha value is -4.64. The van der Waals surface area contributed by atoms with E-state index in [2.05, 4.69) is 15.6 Å². The number of carbonyl (C=O) groups is 3. The van der Waals surface area contributed by atoms with Crippen LogP contribution in [0.25, 0.3) is 0 Å². The maximum Gasteiger partial charge on any atom is 0.259 e. The molecule has 0 saturated carbocycles. The summed E-state index contributed by atoms with van der Waals surface area (Å²) in [6.45, 7) is 0.376. The van der Waals surface area contributed by atoms with Crippen molar-refractivity contribution in [2.75, 3.05) is 25.3 Å². The van der Waals surface area contributed by atoms with Crippen molar-refractivity contribution in [1.82, 2.24) is 10.2 Å². The van der Waals surface area contributed by atoms with Gasteiger partial charge in [0.2, 0.25) is 11.8 Å². The van der Waals surface area contributed by atoms with Gasteiger partial charge in [-0.05, 0) is 48.4 Å². The number of carbonyl (C=O) groups excluding carboxylic acids is 3. The molecule has 0 saturated heterocycles. The molecule has 3 aromatic rings. The number of anilines is 1. The number of rotatable bonds is 10. The van der Waals surface area contributed by atoms with Gasteiger partial charge in [-0.25, -0.2) is 9.89 Å².